The van der Waals surface area contributed by atoms with Crippen LogP contribution in [0.2, 0.25) is 0 Å². The summed E-state index contributed by atoms with van der Waals surface area (Å²) in [5, 5.41) is 6.75. The summed E-state index contributed by atoms with van der Waals surface area (Å²) in [5.41, 5.74) is 2.25. The van der Waals surface area contributed by atoms with Gasteiger partial charge in [0.05, 0.1) is 0 Å². The summed E-state index contributed by atoms with van der Waals surface area (Å²) in [5.74, 6) is 2.28. The van der Waals surface area contributed by atoms with Gasteiger partial charge in [0.25, 0.3) is 0 Å². The molecule has 0 spiro atoms. The monoisotopic (exact) mass is 464 g/mol. The summed E-state index contributed by atoms with van der Waals surface area (Å²) in [4.78, 5) is 33.4. The van der Waals surface area contributed by atoms with Gasteiger partial charge in [-0.1, -0.05) is 18.9 Å². The maximum atomic E-state index is 13.0. The zero-order chi connectivity index (χ0) is 23.7. The maximum Gasteiger partial charge on any atom is 0.245 e. The Bertz CT molecular complexity index is 1000. The van der Waals surface area contributed by atoms with Crippen LogP contribution in [0.25, 0.3) is 0 Å². The van der Waals surface area contributed by atoms with E-state index in [-0.39, 0.29) is 11.9 Å². The van der Waals surface area contributed by atoms with Crippen LogP contribution in [0.3, 0.4) is 0 Å². The zero-order valence-corrected chi connectivity index (χ0v) is 20.5. The number of carbonyl (C=O) groups is 1. The van der Waals surface area contributed by atoms with E-state index in [1.54, 1.807) is 4.90 Å². The van der Waals surface area contributed by atoms with Gasteiger partial charge in [-0.05, 0) is 31.4 Å². The molecule has 3 aliphatic rings. The second-order valence-corrected chi connectivity index (χ2v) is 10.1. The lowest BCUT2D eigenvalue weighted by Gasteiger charge is -2.33. The number of aromatic nitrogens is 3. The third kappa shape index (κ3) is 4.86. The number of piperazine rings is 1. The summed E-state index contributed by atoms with van der Waals surface area (Å²) < 4.78 is 0. The van der Waals surface area contributed by atoms with E-state index >= 15 is 0 Å². The molecule has 2 aromatic rings. The van der Waals surface area contributed by atoms with E-state index in [1.165, 1.54) is 18.4 Å². The van der Waals surface area contributed by atoms with Gasteiger partial charge in [0, 0.05) is 76.7 Å². The van der Waals surface area contributed by atoms with Gasteiger partial charge >= 0.3 is 0 Å². The van der Waals surface area contributed by atoms with E-state index < -0.39 is 0 Å². The number of fused-ring (bicyclic) bond motifs is 1. The SMILES string of the molecule is CC1CN(Cc2ccc(Nc3ncc4c(n3)N(C3CCCC3)C(C(=O)N(C)C)C4)nc2)CCN1. The normalized spacial score (nSPS) is 23.2. The first-order chi connectivity index (χ1) is 16.5. The van der Waals surface area contributed by atoms with Gasteiger partial charge in [-0.25, -0.2) is 9.97 Å². The van der Waals surface area contributed by atoms with Crippen LogP contribution in [0, 0.1) is 0 Å². The average Bonchev–Trinajstić information content (AvgIpc) is 3.47. The minimum absolute atomic E-state index is 0.135. The fourth-order valence-electron chi connectivity index (χ4n) is 5.51. The minimum atomic E-state index is -0.192. The summed E-state index contributed by atoms with van der Waals surface area (Å²) >= 11 is 0. The highest BCUT2D eigenvalue weighted by molar-refractivity contribution is 5.87. The topological polar surface area (TPSA) is 89.5 Å². The van der Waals surface area contributed by atoms with Crippen molar-refractivity contribution in [1.82, 2.24) is 30.1 Å². The molecule has 0 bridgehead atoms. The highest BCUT2D eigenvalue weighted by atomic mass is 16.2. The number of rotatable bonds is 6. The highest BCUT2D eigenvalue weighted by Gasteiger charge is 2.41. The molecule has 2 atom stereocenters. The molecule has 5 rings (SSSR count). The molecule has 9 heteroatoms. The standard InChI is InChI=1S/C25H36N8O/c1-17-15-32(11-10-26-17)16-18-8-9-22(27-13-18)29-25-28-14-19-12-21(24(34)31(2)3)33(23(19)30-25)20-6-4-5-7-20/h8-9,13-14,17,20-21,26H,4-7,10-12,15-16H2,1-3H3,(H,27,28,29,30). The summed E-state index contributed by atoms with van der Waals surface area (Å²) in [6, 6.07) is 4.80. The predicted molar refractivity (Wildman–Crippen MR) is 133 cm³/mol. The van der Waals surface area contributed by atoms with Gasteiger partial charge in [0.15, 0.2) is 0 Å². The Kier molecular flexibility index (Phi) is 6.65. The highest BCUT2D eigenvalue weighted by Crippen LogP contribution is 2.38. The van der Waals surface area contributed by atoms with Crippen LogP contribution in [0.4, 0.5) is 17.6 Å². The molecule has 0 aromatic carbocycles. The number of likely N-dealkylation sites (N-methyl/N-ethyl adjacent to an activating group) is 1. The first-order valence-electron chi connectivity index (χ1n) is 12.5. The van der Waals surface area contributed by atoms with Crippen LogP contribution in [0.5, 0.6) is 0 Å². The first-order valence-corrected chi connectivity index (χ1v) is 12.5. The zero-order valence-electron chi connectivity index (χ0n) is 20.5. The van der Waals surface area contributed by atoms with Gasteiger partial charge in [-0.3, -0.25) is 9.69 Å². The lowest BCUT2D eigenvalue weighted by atomic mass is 10.1. The van der Waals surface area contributed by atoms with Crippen LogP contribution in [0.1, 0.15) is 43.7 Å². The van der Waals surface area contributed by atoms with Crippen molar-refractivity contribution in [3.63, 3.8) is 0 Å². The number of anilines is 3. The van der Waals surface area contributed by atoms with E-state index in [0.717, 1.165) is 56.2 Å². The second kappa shape index (κ2) is 9.84. The van der Waals surface area contributed by atoms with Crippen LogP contribution < -0.4 is 15.5 Å². The van der Waals surface area contributed by atoms with E-state index in [0.29, 0.717) is 24.5 Å². The largest absolute Gasteiger partial charge is 0.347 e. The Hall–Kier alpha value is -2.78. The Morgan fingerprint density at radius 3 is 2.74 bits per heavy atom. The molecule has 1 amide bonds. The Morgan fingerprint density at radius 2 is 2.03 bits per heavy atom. The van der Waals surface area contributed by atoms with Crippen molar-refractivity contribution in [3.05, 3.63) is 35.7 Å². The number of nitrogens with one attached hydrogen (secondary N) is 2. The lowest BCUT2D eigenvalue weighted by Crippen LogP contribution is -2.49. The van der Waals surface area contributed by atoms with E-state index in [4.69, 9.17) is 4.98 Å². The Balaban J connectivity index is 1.30. The molecule has 1 saturated carbocycles. The third-order valence-corrected chi connectivity index (χ3v) is 7.20. The van der Waals surface area contributed by atoms with Crippen molar-refractivity contribution in [2.75, 3.05) is 43.9 Å². The maximum absolute atomic E-state index is 13.0. The van der Waals surface area contributed by atoms with Crippen molar-refractivity contribution < 1.29 is 4.79 Å². The number of nitrogens with zero attached hydrogens (tertiary/aromatic N) is 6. The van der Waals surface area contributed by atoms with E-state index in [2.05, 4.69) is 43.4 Å². The smallest absolute Gasteiger partial charge is 0.245 e. The number of carbonyl (C=O) groups excluding carboxylic acids is 1. The fraction of sp³-hybridized carbons (Fsp3) is 0.600. The van der Waals surface area contributed by atoms with Gasteiger partial charge < -0.3 is 20.4 Å². The summed E-state index contributed by atoms with van der Waals surface area (Å²) in [7, 11) is 3.66. The lowest BCUT2D eigenvalue weighted by molar-refractivity contribution is -0.130. The summed E-state index contributed by atoms with van der Waals surface area (Å²) in [6.07, 6.45) is 9.10. The Labute approximate surface area is 202 Å². The van der Waals surface area contributed by atoms with E-state index in [1.807, 2.05) is 32.6 Å². The van der Waals surface area contributed by atoms with Crippen molar-refractivity contribution >= 4 is 23.5 Å². The van der Waals surface area contributed by atoms with Crippen molar-refractivity contribution in [2.45, 2.75) is 63.7 Å². The average molecular weight is 465 g/mol. The van der Waals surface area contributed by atoms with Crippen molar-refractivity contribution in [1.29, 1.82) is 0 Å². The molecule has 4 heterocycles. The summed E-state index contributed by atoms with van der Waals surface area (Å²) in [6.45, 7) is 6.27. The first kappa shape index (κ1) is 23.0. The quantitative estimate of drug-likeness (QED) is 0.672. The molecule has 0 radical (unpaired) electrons. The minimum Gasteiger partial charge on any atom is -0.347 e. The van der Waals surface area contributed by atoms with E-state index in [9.17, 15) is 4.79 Å². The number of pyridine rings is 1. The third-order valence-electron chi connectivity index (χ3n) is 7.20. The molecule has 2 aliphatic heterocycles. The van der Waals surface area contributed by atoms with Gasteiger partial charge in [-0.2, -0.15) is 4.98 Å². The van der Waals surface area contributed by atoms with Crippen molar-refractivity contribution in [3.8, 4) is 0 Å². The van der Waals surface area contributed by atoms with Crippen molar-refractivity contribution in [2.24, 2.45) is 0 Å². The molecule has 1 saturated heterocycles. The molecule has 2 N–H and O–H groups in total. The molecule has 2 fully saturated rings. The molecule has 1 aliphatic carbocycles. The molecule has 182 valence electrons. The molecule has 34 heavy (non-hydrogen) atoms. The Morgan fingerprint density at radius 1 is 1.21 bits per heavy atom. The molecular weight excluding hydrogens is 428 g/mol. The van der Waals surface area contributed by atoms with Gasteiger partial charge in [-0.15, -0.1) is 0 Å². The molecular formula is C25H36N8O. The molecule has 2 unspecified atom stereocenters. The molecule has 9 nitrogen and oxygen atoms in total. The molecule has 2 aromatic heterocycles. The van der Waals surface area contributed by atoms with Crippen LogP contribution in [-0.2, 0) is 17.8 Å². The van der Waals surface area contributed by atoms with Gasteiger partial charge in [0.2, 0.25) is 11.9 Å². The van der Waals surface area contributed by atoms with Gasteiger partial charge in [0.1, 0.15) is 17.7 Å². The number of hydrogen-bond acceptors (Lipinski definition) is 8. The predicted octanol–water partition coefficient (Wildman–Crippen LogP) is 2.17. The van der Waals surface area contributed by atoms with Crippen LogP contribution in [-0.4, -0.2) is 82.5 Å². The van der Waals surface area contributed by atoms with Crippen LogP contribution >= 0.6 is 0 Å². The number of hydrogen-bond donors (Lipinski definition) is 2. The fourth-order valence-corrected chi connectivity index (χ4v) is 5.51. The number of amides is 1. The van der Waals surface area contributed by atoms with Crippen LogP contribution in [0.15, 0.2) is 24.5 Å². The second-order valence-electron chi connectivity index (χ2n) is 10.1.